The smallest absolute Gasteiger partial charge is 0.295 e. The van der Waals surface area contributed by atoms with Crippen molar-refractivity contribution in [2.45, 2.75) is 11.6 Å². The van der Waals surface area contributed by atoms with Crippen molar-refractivity contribution in [3.05, 3.63) is 46.9 Å². The lowest BCUT2D eigenvalue weighted by molar-refractivity contribution is 0.417. The molecule has 0 aliphatic heterocycles. The Balaban J connectivity index is 2.30. The number of nitrogens with one attached hydrogen (secondary N) is 1. The van der Waals surface area contributed by atoms with Gasteiger partial charge in [-0.25, -0.2) is 4.39 Å². The van der Waals surface area contributed by atoms with E-state index in [2.05, 4.69) is 4.72 Å². The summed E-state index contributed by atoms with van der Waals surface area (Å²) in [5, 5.41) is -0.331. The molecule has 0 aliphatic carbocycles. The van der Waals surface area contributed by atoms with E-state index in [9.17, 15) is 12.8 Å². The molecule has 1 aromatic heterocycles. The largest absolute Gasteiger partial charge is 0.446 e. The minimum absolute atomic E-state index is 0.0471. The fourth-order valence-electron chi connectivity index (χ4n) is 1.38. The summed E-state index contributed by atoms with van der Waals surface area (Å²) in [6.07, 6.45) is 0. The molecule has 5 nitrogen and oxygen atoms in total. The molecule has 0 radical (unpaired) electrons. The fourth-order valence-corrected chi connectivity index (χ4v) is 2.68. The molecule has 0 amide bonds. The summed E-state index contributed by atoms with van der Waals surface area (Å²) in [6.45, 7) is 0.0901. The quantitative estimate of drug-likeness (QED) is 0.908. The molecule has 0 spiro atoms. The van der Waals surface area contributed by atoms with Gasteiger partial charge >= 0.3 is 0 Å². The summed E-state index contributed by atoms with van der Waals surface area (Å²) >= 11 is 5.74. The van der Waals surface area contributed by atoms with Crippen LogP contribution in [0.2, 0.25) is 5.02 Å². The fraction of sp³-hybridized carbons (Fsp3) is 0.0909. The van der Waals surface area contributed by atoms with Gasteiger partial charge in [-0.15, -0.1) is 0 Å². The van der Waals surface area contributed by atoms with Crippen molar-refractivity contribution < 1.29 is 17.2 Å². The maximum absolute atomic E-state index is 12.9. The zero-order valence-corrected chi connectivity index (χ0v) is 11.1. The van der Waals surface area contributed by atoms with E-state index in [1.54, 1.807) is 0 Å². The molecule has 0 atom stereocenters. The SMILES string of the molecule is NCc1ccc(S(=O)(=O)Nc2ccc(F)cc2Cl)o1. The number of nitrogens with two attached hydrogens (primary N) is 1. The molecule has 3 N–H and O–H groups in total. The third kappa shape index (κ3) is 3.06. The van der Waals surface area contributed by atoms with Crippen LogP contribution in [0.3, 0.4) is 0 Å². The first-order valence-corrected chi connectivity index (χ1v) is 7.05. The number of benzene rings is 1. The summed E-state index contributed by atoms with van der Waals surface area (Å²) in [4.78, 5) is 0. The van der Waals surface area contributed by atoms with Crippen LogP contribution in [0.4, 0.5) is 10.1 Å². The van der Waals surface area contributed by atoms with Gasteiger partial charge < -0.3 is 10.2 Å². The number of sulfonamides is 1. The van der Waals surface area contributed by atoms with Gasteiger partial charge in [-0.1, -0.05) is 11.6 Å². The summed E-state index contributed by atoms with van der Waals surface area (Å²) in [7, 11) is -3.92. The topological polar surface area (TPSA) is 85.3 Å². The molecule has 102 valence electrons. The van der Waals surface area contributed by atoms with Gasteiger partial charge in [0.2, 0.25) is 5.09 Å². The highest BCUT2D eigenvalue weighted by atomic mass is 35.5. The van der Waals surface area contributed by atoms with Crippen LogP contribution in [0.1, 0.15) is 5.76 Å². The van der Waals surface area contributed by atoms with Gasteiger partial charge in [-0.2, -0.15) is 8.42 Å². The van der Waals surface area contributed by atoms with Crippen molar-refractivity contribution >= 4 is 27.3 Å². The molecule has 8 heteroatoms. The van der Waals surface area contributed by atoms with Crippen molar-refractivity contribution in [3.63, 3.8) is 0 Å². The maximum atomic E-state index is 12.9. The minimum atomic E-state index is -3.92. The normalized spacial score (nSPS) is 11.5. The molecule has 0 bridgehead atoms. The average molecular weight is 305 g/mol. The Kier molecular flexibility index (Phi) is 3.79. The molecule has 2 aromatic rings. The third-order valence-electron chi connectivity index (χ3n) is 2.28. The van der Waals surface area contributed by atoms with Gasteiger partial charge in [-0.05, 0) is 30.3 Å². The van der Waals surface area contributed by atoms with E-state index in [4.69, 9.17) is 21.8 Å². The van der Waals surface area contributed by atoms with Crippen molar-refractivity contribution in [2.75, 3.05) is 4.72 Å². The second kappa shape index (κ2) is 5.20. The Hall–Kier alpha value is -1.57. The maximum Gasteiger partial charge on any atom is 0.295 e. The number of anilines is 1. The molecule has 1 aromatic carbocycles. The lowest BCUT2D eigenvalue weighted by Gasteiger charge is -2.07. The summed E-state index contributed by atoms with van der Waals surface area (Å²) in [5.74, 6) is -0.220. The standard InChI is InChI=1S/C11H10ClFN2O3S/c12-9-5-7(13)1-3-10(9)15-19(16,17)11-4-2-8(6-14)18-11/h1-5,15H,6,14H2. The van der Waals surface area contributed by atoms with Crippen LogP contribution in [-0.4, -0.2) is 8.42 Å². The Labute approximate surface area is 114 Å². The van der Waals surface area contributed by atoms with Crippen LogP contribution >= 0.6 is 11.6 Å². The zero-order chi connectivity index (χ0) is 14.0. The molecule has 1 heterocycles. The third-order valence-corrected chi connectivity index (χ3v) is 3.83. The molecule has 2 rings (SSSR count). The minimum Gasteiger partial charge on any atom is -0.446 e. The Morgan fingerprint density at radius 3 is 2.63 bits per heavy atom. The molecule has 19 heavy (non-hydrogen) atoms. The van der Waals surface area contributed by atoms with Crippen LogP contribution in [0.15, 0.2) is 39.8 Å². The monoisotopic (exact) mass is 304 g/mol. The predicted molar refractivity (Wildman–Crippen MR) is 68.8 cm³/mol. The van der Waals surface area contributed by atoms with Crippen molar-refractivity contribution in [3.8, 4) is 0 Å². The molecule has 0 fully saturated rings. The van der Waals surface area contributed by atoms with Crippen LogP contribution in [0.5, 0.6) is 0 Å². The van der Waals surface area contributed by atoms with E-state index >= 15 is 0 Å². The van der Waals surface area contributed by atoms with Gasteiger partial charge in [0.15, 0.2) is 0 Å². The van der Waals surface area contributed by atoms with Crippen LogP contribution in [0.25, 0.3) is 0 Å². The van der Waals surface area contributed by atoms with E-state index in [0.29, 0.717) is 5.76 Å². The van der Waals surface area contributed by atoms with Gasteiger partial charge in [0.25, 0.3) is 10.0 Å². The van der Waals surface area contributed by atoms with Gasteiger partial charge in [0.1, 0.15) is 11.6 Å². The van der Waals surface area contributed by atoms with Crippen LogP contribution < -0.4 is 10.5 Å². The van der Waals surface area contributed by atoms with E-state index < -0.39 is 15.8 Å². The van der Waals surface area contributed by atoms with Crippen molar-refractivity contribution in [1.29, 1.82) is 0 Å². The Morgan fingerprint density at radius 2 is 2.05 bits per heavy atom. The second-order valence-electron chi connectivity index (χ2n) is 3.65. The van der Waals surface area contributed by atoms with Gasteiger partial charge in [0.05, 0.1) is 17.3 Å². The van der Waals surface area contributed by atoms with Crippen LogP contribution in [-0.2, 0) is 16.6 Å². The van der Waals surface area contributed by atoms with E-state index in [0.717, 1.165) is 12.1 Å². The zero-order valence-electron chi connectivity index (χ0n) is 9.56. The number of rotatable bonds is 4. The first-order chi connectivity index (χ1) is 8.92. The van der Waals surface area contributed by atoms with E-state index in [1.807, 2.05) is 0 Å². The molecule has 0 saturated carbocycles. The molecule has 0 aliphatic rings. The molecular formula is C11H10ClFN2O3S. The predicted octanol–water partition coefficient (Wildman–Crippen LogP) is 2.33. The van der Waals surface area contributed by atoms with E-state index in [-0.39, 0.29) is 22.3 Å². The number of hydrogen-bond donors (Lipinski definition) is 2. The lowest BCUT2D eigenvalue weighted by atomic mass is 10.3. The highest BCUT2D eigenvalue weighted by Gasteiger charge is 2.20. The van der Waals surface area contributed by atoms with E-state index in [1.165, 1.54) is 18.2 Å². The molecule has 0 saturated heterocycles. The Morgan fingerprint density at radius 1 is 1.32 bits per heavy atom. The first-order valence-electron chi connectivity index (χ1n) is 5.19. The highest BCUT2D eigenvalue weighted by Crippen LogP contribution is 2.25. The van der Waals surface area contributed by atoms with Gasteiger partial charge in [0, 0.05) is 0 Å². The first kappa shape index (κ1) is 13.9. The highest BCUT2D eigenvalue weighted by molar-refractivity contribution is 7.92. The molecular weight excluding hydrogens is 295 g/mol. The van der Waals surface area contributed by atoms with Crippen LogP contribution in [0, 0.1) is 5.82 Å². The summed E-state index contributed by atoms with van der Waals surface area (Å²) in [5.41, 5.74) is 5.39. The lowest BCUT2D eigenvalue weighted by Crippen LogP contribution is -2.12. The number of furan rings is 1. The summed E-state index contributed by atoms with van der Waals surface area (Å²) in [6, 6.07) is 6.06. The second-order valence-corrected chi connectivity index (χ2v) is 5.68. The molecule has 0 unspecified atom stereocenters. The van der Waals surface area contributed by atoms with Crippen molar-refractivity contribution in [1.82, 2.24) is 0 Å². The number of halogens is 2. The average Bonchev–Trinajstić information content (AvgIpc) is 2.82. The number of hydrogen-bond acceptors (Lipinski definition) is 4. The summed E-state index contributed by atoms with van der Waals surface area (Å²) < 4.78 is 44.0. The van der Waals surface area contributed by atoms with Crippen molar-refractivity contribution in [2.24, 2.45) is 5.73 Å². The van der Waals surface area contributed by atoms with Gasteiger partial charge in [-0.3, -0.25) is 4.72 Å². The Bertz CT molecular complexity index is 700.